The maximum absolute atomic E-state index is 12.9. The van der Waals surface area contributed by atoms with Gasteiger partial charge >= 0.3 is 0 Å². The number of hydrogen-bond acceptors (Lipinski definition) is 3. The molecule has 1 aliphatic rings. The Kier molecular flexibility index (Phi) is 4.35. The van der Waals surface area contributed by atoms with Crippen molar-refractivity contribution in [3.05, 3.63) is 83.9 Å². The molecule has 1 aromatic heterocycles. The van der Waals surface area contributed by atoms with Crippen LogP contribution in [0.5, 0.6) is 0 Å². The topological polar surface area (TPSA) is 45.2 Å². The van der Waals surface area contributed by atoms with Crippen molar-refractivity contribution in [2.75, 3.05) is 16.8 Å². The molecule has 1 N–H and O–H groups in total. The summed E-state index contributed by atoms with van der Waals surface area (Å²) in [4.78, 5) is 18.8. The fourth-order valence-electron chi connectivity index (χ4n) is 3.21. The quantitative estimate of drug-likeness (QED) is 0.755. The number of benzene rings is 2. The Labute approximate surface area is 151 Å². The Balaban J connectivity index is 1.52. The molecule has 4 rings (SSSR count). The van der Waals surface area contributed by atoms with Crippen LogP contribution in [0.3, 0.4) is 0 Å². The van der Waals surface area contributed by atoms with Crippen molar-refractivity contribution in [2.45, 2.75) is 12.8 Å². The van der Waals surface area contributed by atoms with Crippen LogP contribution in [0.15, 0.2) is 66.9 Å². The van der Waals surface area contributed by atoms with E-state index in [1.54, 1.807) is 12.3 Å². The first-order valence-corrected chi connectivity index (χ1v) is 8.59. The molecule has 1 aliphatic heterocycles. The SMILES string of the molecule is O=C(Nc1ccc(F)cc1)c1ccc(N2CCCc3ccccc32)cn1. The number of carbonyl (C=O) groups excluding carboxylic acids is 1. The van der Waals surface area contributed by atoms with Crippen LogP contribution in [-0.4, -0.2) is 17.4 Å². The Bertz CT molecular complexity index is 923. The molecule has 1 amide bonds. The molecule has 0 spiro atoms. The number of aryl methyl sites for hydroxylation is 1. The smallest absolute Gasteiger partial charge is 0.274 e. The van der Waals surface area contributed by atoms with Gasteiger partial charge in [0, 0.05) is 17.9 Å². The molecule has 3 aromatic rings. The summed E-state index contributed by atoms with van der Waals surface area (Å²) >= 11 is 0. The van der Waals surface area contributed by atoms with Crippen molar-refractivity contribution in [2.24, 2.45) is 0 Å². The van der Waals surface area contributed by atoms with E-state index >= 15 is 0 Å². The van der Waals surface area contributed by atoms with E-state index in [1.807, 2.05) is 12.1 Å². The van der Waals surface area contributed by atoms with Gasteiger partial charge in [0.1, 0.15) is 11.5 Å². The number of hydrogen-bond donors (Lipinski definition) is 1. The molecular formula is C21H18FN3O. The summed E-state index contributed by atoms with van der Waals surface area (Å²) in [5, 5.41) is 2.72. The molecule has 0 fully saturated rings. The summed E-state index contributed by atoms with van der Waals surface area (Å²) in [6.45, 7) is 0.930. The summed E-state index contributed by atoms with van der Waals surface area (Å²) in [5.41, 5.74) is 4.35. The number of nitrogens with zero attached hydrogens (tertiary/aromatic N) is 2. The monoisotopic (exact) mass is 347 g/mol. The van der Waals surface area contributed by atoms with Crippen molar-refractivity contribution < 1.29 is 9.18 Å². The van der Waals surface area contributed by atoms with Gasteiger partial charge in [-0.3, -0.25) is 4.79 Å². The third kappa shape index (κ3) is 3.28. The summed E-state index contributed by atoms with van der Waals surface area (Å²) in [6, 6.07) is 17.6. The van der Waals surface area contributed by atoms with Gasteiger partial charge in [-0.2, -0.15) is 0 Å². The van der Waals surface area contributed by atoms with Gasteiger partial charge < -0.3 is 10.2 Å². The lowest BCUT2D eigenvalue weighted by atomic mass is 10.0. The molecule has 0 saturated heterocycles. The lowest BCUT2D eigenvalue weighted by Gasteiger charge is -2.31. The summed E-state index contributed by atoms with van der Waals surface area (Å²) in [7, 11) is 0. The van der Waals surface area contributed by atoms with E-state index in [9.17, 15) is 9.18 Å². The number of nitrogens with one attached hydrogen (secondary N) is 1. The van der Waals surface area contributed by atoms with Gasteiger partial charge in [0.25, 0.3) is 5.91 Å². The predicted molar refractivity (Wildman–Crippen MR) is 100 cm³/mol. The molecule has 0 atom stereocenters. The number of para-hydroxylation sites is 1. The normalized spacial score (nSPS) is 13.2. The molecule has 0 unspecified atom stereocenters. The Morgan fingerprint density at radius 1 is 1.04 bits per heavy atom. The molecule has 2 aromatic carbocycles. The third-order valence-electron chi connectivity index (χ3n) is 4.50. The van der Waals surface area contributed by atoms with E-state index in [0.29, 0.717) is 11.4 Å². The second-order valence-electron chi connectivity index (χ2n) is 6.25. The maximum atomic E-state index is 12.9. The molecule has 2 heterocycles. The molecule has 26 heavy (non-hydrogen) atoms. The highest BCUT2D eigenvalue weighted by atomic mass is 19.1. The fourth-order valence-corrected chi connectivity index (χ4v) is 3.21. The zero-order valence-electron chi connectivity index (χ0n) is 14.2. The molecule has 0 bridgehead atoms. The van der Waals surface area contributed by atoms with Gasteiger partial charge in [-0.05, 0) is 60.9 Å². The van der Waals surface area contributed by atoms with E-state index in [1.165, 1.54) is 35.5 Å². The number of halogens is 1. The average molecular weight is 347 g/mol. The van der Waals surface area contributed by atoms with Gasteiger partial charge in [-0.1, -0.05) is 18.2 Å². The van der Waals surface area contributed by atoms with Crippen molar-refractivity contribution in [1.29, 1.82) is 0 Å². The first-order chi connectivity index (χ1) is 12.7. The zero-order valence-corrected chi connectivity index (χ0v) is 14.2. The van der Waals surface area contributed by atoms with Crippen LogP contribution < -0.4 is 10.2 Å². The number of anilines is 3. The predicted octanol–water partition coefficient (Wildman–Crippen LogP) is 4.56. The second kappa shape index (κ2) is 6.96. The zero-order chi connectivity index (χ0) is 17.9. The van der Waals surface area contributed by atoms with Crippen molar-refractivity contribution in [3.63, 3.8) is 0 Å². The standard InChI is InChI=1S/C21H18FN3O/c22-16-7-9-17(10-8-16)24-21(26)19-12-11-18(14-23-19)25-13-3-5-15-4-1-2-6-20(15)25/h1-2,4,6-12,14H,3,5,13H2,(H,24,26). The molecule has 5 heteroatoms. The van der Waals surface area contributed by atoms with E-state index in [0.717, 1.165) is 25.1 Å². The van der Waals surface area contributed by atoms with Gasteiger partial charge in [0.15, 0.2) is 0 Å². The van der Waals surface area contributed by atoms with Crippen LogP contribution in [0, 0.1) is 5.82 Å². The van der Waals surface area contributed by atoms with Gasteiger partial charge in [-0.25, -0.2) is 9.37 Å². The summed E-state index contributed by atoms with van der Waals surface area (Å²) in [6.07, 6.45) is 3.89. The Hall–Kier alpha value is -3.21. The highest BCUT2D eigenvalue weighted by molar-refractivity contribution is 6.02. The van der Waals surface area contributed by atoms with Crippen LogP contribution in [-0.2, 0) is 6.42 Å². The summed E-state index contributed by atoms with van der Waals surface area (Å²) < 4.78 is 12.9. The van der Waals surface area contributed by atoms with E-state index in [2.05, 4.69) is 33.4 Å². The highest BCUT2D eigenvalue weighted by Gasteiger charge is 2.18. The van der Waals surface area contributed by atoms with Crippen LogP contribution in [0.2, 0.25) is 0 Å². The van der Waals surface area contributed by atoms with Crippen molar-refractivity contribution in [3.8, 4) is 0 Å². The molecule has 4 nitrogen and oxygen atoms in total. The van der Waals surface area contributed by atoms with Gasteiger partial charge in [-0.15, -0.1) is 0 Å². The lowest BCUT2D eigenvalue weighted by molar-refractivity contribution is 0.102. The van der Waals surface area contributed by atoms with E-state index < -0.39 is 0 Å². The molecule has 130 valence electrons. The molecular weight excluding hydrogens is 329 g/mol. The Morgan fingerprint density at radius 3 is 2.62 bits per heavy atom. The molecule has 0 radical (unpaired) electrons. The highest BCUT2D eigenvalue weighted by Crippen LogP contribution is 2.32. The number of aromatic nitrogens is 1. The largest absolute Gasteiger partial charge is 0.340 e. The van der Waals surface area contributed by atoms with E-state index in [4.69, 9.17) is 0 Å². The number of fused-ring (bicyclic) bond motifs is 1. The van der Waals surface area contributed by atoms with Crippen LogP contribution in [0.4, 0.5) is 21.5 Å². The van der Waals surface area contributed by atoms with Crippen LogP contribution in [0.25, 0.3) is 0 Å². The number of rotatable bonds is 3. The number of carbonyl (C=O) groups is 1. The molecule has 0 aliphatic carbocycles. The first-order valence-electron chi connectivity index (χ1n) is 8.59. The first kappa shape index (κ1) is 16.3. The van der Waals surface area contributed by atoms with Gasteiger partial charge in [0.2, 0.25) is 0 Å². The van der Waals surface area contributed by atoms with E-state index in [-0.39, 0.29) is 11.7 Å². The lowest BCUT2D eigenvalue weighted by Crippen LogP contribution is -2.24. The average Bonchev–Trinajstić information content (AvgIpc) is 2.69. The fraction of sp³-hybridized carbons (Fsp3) is 0.143. The minimum atomic E-state index is -0.340. The van der Waals surface area contributed by atoms with Crippen LogP contribution in [0.1, 0.15) is 22.5 Å². The minimum Gasteiger partial charge on any atom is -0.340 e. The van der Waals surface area contributed by atoms with Gasteiger partial charge in [0.05, 0.1) is 11.9 Å². The third-order valence-corrected chi connectivity index (χ3v) is 4.50. The van der Waals surface area contributed by atoms with Crippen molar-refractivity contribution in [1.82, 2.24) is 4.98 Å². The van der Waals surface area contributed by atoms with Crippen molar-refractivity contribution >= 4 is 23.0 Å². The van der Waals surface area contributed by atoms with Crippen LogP contribution >= 0.6 is 0 Å². The minimum absolute atomic E-state index is 0.317. The number of amides is 1. The molecule has 0 saturated carbocycles. The Morgan fingerprint density at radius 2 is 1.85 bits per heavy atom. The summed E-state index contributed by atoms with van der Waals surface area (Å²) in [5.74, 6) is -0.658. The number of pyridine rings is 1. The maximum Gasteiger partial charge on any atom is 0.274 e. The second-order valence-corrected chi connectivity index (χ2v) is 6.25.